The van der Waals surface area contributed by atoms with Crippen LogP contribution in [0.15, 0.2) is 0 Å². The summed E-state index contributed by atoms with van der Waals surface area (Å²) in [5, 5.41) is 4.52. The number of rotatable bonds is 7. The Balaban J connectivity index is 2.43. The number of aromatic nitrogens is 1. The van der Waals surface area contributed by atoms with Gasteiger partial charge in [0, 0.05) is 18.0 Å². The van der Waals surface area contributed by atoms with E-state index < -0.39 is 0 Å². The van der Waals surface area contributed by atoms with E-state index in [4.69, 9.17) is 4.74 Å². The first kappa shape index (κ1) is 13.6. The van der Waals surface area contributed by atoms with E-state index >= 15 is 0 Å². The molecule has 0 amide bonds. The molecule has 1 N–H and O–H groups in total. The van der Waals surface area contributed by atoms with E-state index in [1.165, 1.54) is 4.88 Å². The van der Waals surface area contributed by atoms with Gasteiger partial charge < -0.3 is 10.1 Å². The predicted octanol–water partition coefficient (Wildman–Crippen LogP) is 2.73. The highest BCUT2D eigenvalue weighted by Gasteiger charge is 2.07. The van der Waals surface area contributed by atoms with Crippen molar-refractivity contribution in [1.82, 2.24) is 10.3 Å². The molecule has 92 valence electrons. The minimum Gasteiger partial charge on any atom is -0.375 e. The summed E-state index contributed by atoms with van der Waals surface area (Å²) in [6.45, 7) is 11.9. The normalized spacial score (nSPS) is 11.3. The van der Waals surface area contributed by atoms with Crippen LogP contribution in [0.4, 0.5) is 0 Å². The van der Waals surface area contributed by atoms with E-state index in [0.29, 0.717) is 12.5 Å². The van der Waals surface area contributed by atoms with Crippen LogP contribution < -0.4 is 5.32 Å². The van der Waals surface area contributed by atoms with E-state index in [1.807, 2.05) is 6.92 Å². The molecule has 1 rings (SSSR count). The third kappa shape index (κ3) is 4.60. The van der Waals surface area contributed by atoms with Crippen LogP contribution in [0.3, 0.4) is 0 Å². The maximum atomic E-state index is 5.36. The zero-order chi connectivity index (χ0) is 12.0. The van der Waals surface area contributed by atoms with E-state index in [0.717, 1.165) is 30.4 Å². The number of nitrogens with zero attached hydrogens (tertiary/aromatic N) is 1. The van der Waals surface area contributed by atoms with Gasteiger partial charge in [-0.1, -0.05) is 13.8 Å². The highest BCUT2D eigenvalue weighted by molar-refractivity contribution is 7.11. The van der Waals surface area contributed by atoms with Gasteiger partial charge in [-0.15, -0.1) is 11.3 Å². The average molecular weight is 242 g/mol. The van der Waals surface area contributed by atoms with Crippen molar-refractivity contribution in [1.29, 1.82) is 0 Å². The molecule has 0 bridgehead atoms. The summed E-state index contributed by atoms with van der Waals surface area (Å²) in [5.41, 5.74) is 1.14. The Morgan fingerprint density at radius 3 is 2.81 bits per heavy atom. The molecule has 0 atom stereocenters. The molecular weight excluding hydrogens is 220 g/mol. The summed E-state index contributed by atoms with van der Waals surface area (Å²) in [4.78, 5) is 5.83. The summed E-state index contributed by atoms with van der Waals surface area (Å²) in [5.74, 6) is 0.691. The van der Waals surface area contributed by atoms with Crippen LogP contribution in [-0.4, -0.2) is 18.1 Å². The van der Waals surface area contributed by atoms with Crippen LogP contribution in [0, 0.1) is 12.8 Å². The van der Waals surface area contributed by atoms with Gasteiger partial charge in [0.2, 0.25) is 0 Å². The lowest BCUT2D eigenvalue weighted by molar-refractivity contribution is 0.134. The zero-order valence-corrected chi connectivity index (χ0v) is 11.5. The number of aryl methyl sites for hydroxylation is 1. The monoisotopic (exact) mass is 242 g/mol. The molecule has 0 aliphatic heterocycles. The van der Waals surface area contributed by atoms with Crippen molar-refractivity contribution in [2.24, 2.45) is 5.92 Å². The van der Waals surface area contributed by atoms with Crippen molar-refractivity contribution in [3.63, 3.8) is 0 Å². The van der Waals surface area contributed by atoms with Gasteiger partial charge in [-0.25, -0.2) is 4.98 Å². The Bertz CT molecular complexity index is 310. The molecule has 0 saturated carbocycles. The molecule has 0 radical (unpaired) electrons. The number of hydrogen-bond donors (Lipinski definition) is 1. The van der Waals surface area contributed by atoms with Gasteiger partial charge in [-0.3, -0.25) is 0 Å². The standard InChI is InChI=1S/C12H22N2OS/c1-5-15-8-12-14-10(4)11(16-12)7-13-6-9(2)3/h9,13H,5-8H2,1-4H3. The summed E-state index contributed by atoms with van der Waals surface area (Å²) < 4.78 is 5.36. The first-order valence-corrected chi connectivity index (χ1v) is 6.68. The van der Waals surface area contributed by atoms with Crippen LogP contribution in [0.5, 0.6) is 0 Å². The lowest BCUT2D eigenvalue weighted by Gasteiger charge is -2.05. The highest BCUT2D eigenvalue weighted by Crippen LogP contribution is 2.18. The van der Waals surface area contributed by atoms with Gasteiger partial charge in [0.1, 0.15) is 5.01 Å². The Labute approximate surface area is 102 Å². The summed E-state index contributed by atoms with van der Waals surface area (Å²) in [6.07, 6.45) is 0. The Kier molecular flexibility index (Phi) is 5.95. The Morgan fingerprint density at radius 2 is 2.19 bits per heavy atom. The fourth-order valence-corrected chi connectivity index (χ4v) is 2.35. The quantitative estimate of drug-likeness (QED) is 0.798. The van der Waals surface area contributed by atoms with Gasteiger partial charge in [-0.05, 0) is 26.3 Å². The van der Waals surface area contributed by atoms with Crippen molar-refractivity contribution in [3.05, 3.63) is 15.6 Å². The van der Waals surface area contributed by atoms with Gasteiger partial charge in [0.25, 0.3) is 0 Å². The molecule has 0 spiro atoms. The van der Waals surface area contributed by atoms with E-state index in [1.54, 1.807) is 11.3 Å². The minimum atomic E-state index is 0.645. The van der Waals surface area contributed by atoms with Crippen molar-refractivity contribution in [2.75, 3.05) is 13.2 Å². The topological polar surface area (TPSA) is 34.1 Å². The molecule has 4 heteroatoms. The van der Waals surface area contributed by atoms with E-state index in [2.05, 4.69) is 31.1 Å². The zero-order valence-electron chi connectivity index (χ0n) is 10.7. The number of thiazole rings is 1. The van der Waals surface area contributed by atoms with Gasteiger partial charge in [-0.2, -0.15) is 0 Å². The van der Waals surface area contributed by atoms with Crippen molar-refractivity contribution in [2.45, 2.75) is 40.8 Å². The van der Waals surface area contributed by atoms with E-state index in [-0.39, 0.29) is 0 Å². The molecule has 1 heterocycles. The Morgan fingerprint density at radius 1 is 1.44 bits per heavy atom. The second-order valence-corrected chi connectivity index (χ2v) is 5.45. The third-order valence-electron chi connectivity index (χ3n) is 2.20. The maximum Gasteiger partial charge on any atom is 0.119 e. The summed E-state index contributed by atoms with van der Waals surface area (Å²) in [6, 6.07) is 0. The van der Waals surface area contributed by atoms with Gasteiger partial charge >= 0.3 is 0 Å². The van der Waals surface area contributed by atoms with Crippen molar-refractivity contribution >= 4 is 11.3 Å². The molecule has 16 heavy (non-hydrogen) atoms. The fourth-order valence-electron chi connectivity index (χ4n) is 1.38. The number of hydrogen-bond acceptors (Lipinski definition) is 4. The summed E-state index contributed by atoms with van der Waals surface area (Å²) >= 11 is 1.75. The highest BCUT2D eigenvalue weighted by atomic mass is 32.1. The molecule has 0 aliphatic rings. The number of ether oxygens (including phenoxy) is 1. The number of nitrogens with one attached hydrogen (secondary N) is 1. The van der Waals surface area contributed by atoms with Crippen LogP contribution in [0.25, 0.3) is 0 Å². The van der Waals surface area contributed by atoms with Crippen LogP contribution >= 0.6 is 11.3 Å². The van der Waals surface area contributed by atoms with Gasteiger partial charge in [0.15, 0.2) is 0 Å². The van der Waals surface area contributed by atoms with E-state index in [9.17, 15) is 0 Å². The predicted molar refractivity (Wildman–Crippen MR) is 68.7 cm³/mol. The molecular formula is C12H22N2OS. The van der Waals surface area contributed by atoms with Crippen molar-refractivity contribution in [3.8, 4) is 0 Å². The van der Waals surface area contributed by atoms with Crippen LogP contribution in [0.2, 0.25) is 0 Å². The molecule has 3 nitrogen and oxygen atoms in total. The lowest BCUT2D eigenvalue weighted by atomic mass is 10.2. The van der Waals surface area contributed by atoms with Crippen LogP contribution in [-0.2, 0) is 17.9 Å². The average Bonchev–Trinajstić information content (AvgIpc) is 2.56. The second kappa shape index (κ2) is 6.99. The van der Waals surface area contributed by atoms with Crippen LogP contribution in [0.1, 0.15) is 36.3 Å². The third-order valence-corrected chi connectivity index (χ3v) is 3.34. The second-order valence-electron chi connectivity index (χ2n) is 4.28. The van der Waals surface area contributed by atoms with Gasteiger partial charge in [0.05, 0.1) is 12.3 Å². The maximum absolute atomic E-state index is 5.36. The molecule has 0 saturated heterocycles. The fraction of sp³-hybridized carbons (Fsp3) is 0.750. The largest absolute Gasteiger partial charge is 0.375 e. The Hall–Kier alpha value is -0.450. The first-order valence-electron chi connectivity index (χ1n) is 5.87. The van der Waals surface area contributed by atoms with Crippen molar-refractivity contribution < 1.29 is 4.74 Å². The molecule has 1 aromatic heterocycles. The SMILES string of the molecule is CCOCc1nc(C)c(CNCC(C)C)s1. The summed E-state index contributed by atoms with van der Waals surface area (Å²) in [7, 11) is 0. The first-order chi connectivity index (χ1) is 7.63. The molecule has 0 aliphatic carbocycles. The molecule has 1 aromatic rings. The molecule has 0 unspecified atom stereocenters. The minimum absolute atomic E-state index is 0.645. The molecule has 0 fully saturated rings. The lowest BCUT2D eigenvalue weighted by Crippen LogP contribution is -2.18. The molecule has 0 aromatic carbocycles. The smallest absolute Gasteiger partial charge is 0.119 e.